The van der Waals surface area contributed by atoms with Gasteiger partial charge in [0.15, 0.2) is 0 Å². The molecule has 3 nitrogen and oxygen atoms in total. The van der Waals surface area contributed by atoms with Crippen molar-refractivity contribution in [2.45, 2.75) is 31.8 Å². The number of nitrogens with zero attached hydrogens (tertiary/aromatic N) is 2. The third-order valence-corrected chi connectivity index (χ3v) is 3.57. The highest BCUT2D eigenvalue weighted by Gasteiger charge is 2.28. The molecular formula is C13H20FN3. The molecule has 2 rings (SSSR count). The molecule has 1 aliphatic rings. The number of pyridine rings is 1. The van der Waals surface area contributed by atoms with E-state index in [1.54, 1.807) is 12.3 Å². The van der Waals surface area contributed by atoms with Gasteiger partial charge in [0.25, 0.3) is 0 Å². The van der Waals surface area contributed by atoms with Crippen molar-refractivity contribution in [2.75, 3.05) is 20.1 Å². The summed E-state index contributed by atoms with van der Waals surface area (Å²) < 4.78 is 13.2. The van der Waals surface area contributed by atoms with Crippen LogP contribution in [0.1, 0.15) is 31.4 Å². The van der Waals surface area contributed by atoms with E-state index in [1.807, 2.05) is 7.05 Å². The van der Waals surface area contributed by atoms with E-state index < -0.39 is 0 Å². The molecule has 2 atom stereocenters. The van der Waals surface area contributed by atoms with Crippen molar-refractivity contribution < 1.29 is 4.39 Å². The van der Waals surface area contributed by atoms with Gasteiger partial charge >= 0.3 is 0 Å². The Balaban J connectivity index is 2.11. The maximum absolute atomic E-state index is 13.2. The van der Waals surface area contributed by atoms with Crippen molar-refractivity contribution in [3.05, 3.63) is 29.8 Å². The summed E-state index contributed by atoms with van der Waals surface area (Å²) in [6.45, 7) is 4.21. The second kappa shape index (κ2) is 5.56. The predicted molar refractivity (Wildman–Crippen MR) is 66.3 cm³/mol. The molecule has 1 aromatic rings. The number of likely N-dealkylation sites (tertiary alicyclic amines) is 1. The van der Waals surface area contributed by atoms with Crippen molar-refractivity contribution in [2.24, 2.45) is 0 Å². The Morgan fingerprint density at radius 1 is 1.59 bits per heavy atom. The third kappa shape index (κ3) is 2.82. The van der Waals surface area contributed by atoms with Crippen LogP contribution in [0, 0.1) is 5.82 Å². The van der Waals surface area contributed by atoms with Crippen LogP contribution in [0.2, 0.25) is 0 Å². The first-order chi connectivity index (χ1) is 8.22. The van der Waals surface area contributed by atoms with Crippen LogP contribution in [-0.2, 0) is 0 Å². The Morgan fingerprint density at radius 3 is 3.12 bits per heavy atom. The van der Waals surface area contributed by atoms with Crippen LogP contribution >= 0.6 is 0 Å². The topological polar surface area (TPSA) is 28.2 Å². The molecular weight excluding hydrogens is 217 g/mol. The molecule has 0 saturated carbocycles. The normalized spacial score (nSPS) is 22.9. The van der Waals surface area contributed by atoms with E-state index in [9.17, 15) is 4.39 Å². The van der Waals surface area contributed by atoms with Gasteiger partial charge in [-0.05, 0) is 45.0 Å². The van der Waals surface area contributed by atoms with Crippen LogP contribution in [0.4, 0.5) is 4.39 Å². The van der Waals surface area contributed by atoms with Crippen molar-refractivity contribution in [3.8, 4) is 0 Å². The van der Waals surface area contributed by atoms with Crippen molar-refractivity contribution >= 4 is 0 Å². The van der Waals surface area contributed by atoms with E-state index in [2.05, 4.69) is 22.1 Å². The van der Waals surface area contributed by atoms with Gasteiger partial charge in [0.05, 0.1) is 6.20 Å². The second-order valence-corrected chi connectivity index (χ2v) is 4.70. The zero-order chi connectivity index (χ0) is 12.3. The molecule has 0 aromatic carbocycles. The first-order valence-electron chi connectivity index (χ1n) is 6.23. The second-order valence-electron chi connectivity index (χ2n) is 4.70. The standard InChI is InChI=1S/C13H20FN3/c1-10(11-6-12(14)8-16-7-11)17-5-3-4-13(17)9-15-2/h6-8,10,13,15H,3-5,9H2,1-2H3. The number of aromatic nitrogens is 1. The summed E-state index contributed by atoms with van der Waals surface area (Å²) in [4.78, 5) is 6.37. The molecule has 1 aliphatic heterocycles. The molecule has 1 aromatic heterocycles. The molecule has 2 heterocycles. The van der Waals surface area contributed by atoms with E-state index >= 15 is 0 Å². The van der Waals surface area contributed by atoms with E-state index in [0.717, 1.165) is 18.7 Å². The van der Waals surface area contributed by atoms with Crippen molar-refractivity contribution in [1.29, 1.82) is 0 Å². The predicted octanol–water partition coefficient (Wildman–Crippen LogP) is 1.97. The Labute approximate surface area is 102 Å². The fraction of sp³-hybridized carbons (Fsp3) is 0.615. The lowest BCUT2D eigenvalue weighted by Crippen LogP contribution is -2.38. The zero-order valence-electron chi connectivity index (χ0n) is 10.5. The first kappa shape index (κ1) is 12.5. The molecule has 0 amide bonds. The van der Waals surface area contributed by atoms with E-state index in [0.29, 0.717) is 6.04 Å². The molecule has 0 aliphatic carbocycles. The average molecular weight is 237 g/mol. The maximum atomic E-state index is 13.2. The minimum Gasteiger partial charge on any atom is -0.318 e. The van der Waals surface area contributed by atoms with Gasteiger partial charge in [-0.1, -0.05) is 0 Å². The molecule has 0 radical (unpaired) electrons. The molecule has 17 heavy (non-hydrogen) atoms. The Bertz CT molecular complexity index is 369. The SMILES string of the molecule is CNCC1CCCN1C(C)c1cncc(F)c1. The number of hydrogen-bond donors (Lipinski definition) is 1. The number of halogens is 1. The monoisotopic (exact) mass is 237 g/mol. The highest BCUT2D eigenvalue weighted by Crippen LogP contribution is 2.28. The largest absolute Gasteiger partial charge is 0.318 e. The van der Waals surface area contributed by atoms with Gasteiger partial charge in [-0.3, -0.25) is 9.88 Å². The molecule has 1 fully saturated rings. The molecule has 94 valence electrons. The van der Waals surface area contributed by atoms with Gasteiger partial charge in [0.1, 0.15) is 5.82 Å². The Kier molecular flexibility index (Phi) is 4.07. The summed E-state index contributed by atoms with van der Waals surface area (Å²) in [6, 6.07) is 2.38. The number of rotatable bonds is 4. The van der Waals surface area contributed by atoms with Crippen LogP contribution in [0.5, 0.6) is 0 Å². The molecule has 0 spiro atoms. The number of nitrogens with one attached hydrogen (secondary N) is 1. The number of hydrogen-bond acceptors (Lipinski definition) is 3. The third-order valence-electron chi connectivity index (χ3n) is 3.57. The lowest BCUT2D eigenvalue weighted by molar-refractivity contribution is 0.190. The van der Waals surface area contributed by atoms with Crippen molar-refractivity contribution in [3.63, 3.8) is 0 Å². The van der Waals surface area contributed by atoms with Gasteiger partial charge in [0.2, 0.25) is 0 Å². The maximum Gasteiger partial charge on any atom is 0.141 e. The summed E-state index contributed by atoms with van der Waals surface area (Å²) in [6.07, 6.45) is 5.46. The minimum absolute atomic E-state index is 0.235. The molecule has 4 heteroatoms. The summed E-state index contributed by atoms with van der Waals surface area (Å²) in [5.74, 6) is -0.251. The summed E-state index contributed by atoms with van der Waals surface area (Å²) in [7, 11) is 1.98. The average Bonchev–Trinajstić information content (AvgIpc) is 2.77. The fourth-order valence-electron chi connectivity index (χ4n) is 2.67. The van der Waals surface area contributed by atoms with Crippen LogP contribution in [-0.4, -0.2) is 36.1 Å². The Hall–Kier alpha value is -1.00. The highest BCUT2D eigenvalue weighted by atomic mass is 19.1. The minimum atomic E-state index is -0.251. The molecule has 1 N–H and O–H groups in total. The van der Waals surface area contributed by atoms with Crippen LogP contribution < -0.4 is 5.32 Å². The van der Waals surface area contributed by atoms with Gasteiger partial charge in [-0.25, -0.2) is 4.39 Å². The zero-order valence-corrected chi connectivity index (χ0v) is 10.5. The van der Waals surface area contributed by atoms with E-state index in [1.165, 1.54) is 19.0 Å². The summed E-state index contributed by atoms with van der Waals surface area (Å²) in [5.41, 5.74) is 0.966. The smallest absolute Gasteiger partial charge is 0.141 e. The van der Waals surface area contributed by atoms with Gasteiger partial charge in [-0.15, -0.1) is 0 Å². The van der Waals surface area contributed by atoms with E-state index in [4.69, 9.17) is 0 Å². The summed E-state index contributed by atoms with van der Waals surface area (Å²) >= 11 is 0. The fourth-order valence-corrected chi connectivity index (χ4v) is 2.67. The van der Waals surface area contributed by atoms with Gasteiger partial charge in [-0.2, -0.15) is 0 Å². The summed E-state index contributed by atoms with van der Waals surface area (Å²) in [5, 5.41) is 3.23. The van der Waals surface area contributed by atoms with Crippen LogP contribution in [0.15, 0.2) is 18.5 Å². The Morgan fingerprint density at radius 2 is 2.41 bits per heavy atom. The molecule has 2 unspecified atom stereocenters. The molecule has 0 bridgehead atoms. The highest BCUT2D eigenvalue weighted by molar-refractivity contribution is 5.15. The van der Waals surface area contributed by atoms with Gasteiger partial charge < -0.3 is 5.32 Å². The van der Waals surface area contributed by atoms with Crippen molar-refractivity contribution in [1.82, 2.24) is 15.2 Å². The number of likely N-dealkylation sites (N-methyl/N-ethyl adjacent to an activating group) is 1. The quantitative estimate of drug-likeness (QED) is 0.867. The van der Waals surface area contributed by atoms with Crippen LogP contribution in [0.25, 0.3) is 0 Å². The van der Waals surface area contributed by atoms with Crippen LogP contribution in [0.3, 0.4) is 0 Å². The van der Waals surface area contributed by atoms with Gasteiger partial charge in [0, 0.05) is 24.8 Å². The lowest BCUT2D eigenvalue weighted by Gasteiger charge is -2.30. The first-order valence-corrected chi connectivity index (χ1v) is 6.23. The van der Waals surface area contributed by atoms with E-state index in [-0.39, 0.29) is 11.9 Å². The molecule has 1 saturated heterocycles. The lowest BCUT2D eigenvalue weighted by atomic mass is 10.1.